The summed E-state index contributed by atoms with van der Waals surface area (Å²) in [6.07, 6.45) is -4.08. The number of hydrogen-bond donors (Lipinski definition) is 2. The molecule has 0 aliphatic rings. The van der Waals surface area contributed by atoms with Crippen LogP contribution in [0.3, 0.4) is 0 Å². The van der Waals surface area contributed by atoms with E-state index >= 15 is 0 Å². The van der Waals surface area contributed by atoms with Crippen molar-refractivity contribution in [2.24, 2.45) is 0 Å². The van der Waals surface area contributed by atoms with Gasteiger partial charge in [-0.05, 0) is 38.0 Å². The molecule has 2 amide bonds. The van der Waals surface area contributed by atoms with Crippen molar-refractivity contribution < 1.29 is 27.5 Å². The summed E-state index contributed by atoms with van der Waals surface area (Å²) in [6, 6.07) is 4.33. The van der Waals surface area contributed by atoms with Crippen LogP contribution in [0.15, 0.2) is 24.3 Å². The van der Waals surface area contributed by atoms with E-state index in [1.807, 2.05) is 0 Å². The van der Waals surface area contributed by atoms with Crippen LogP contribution in [0.4, 0.5) is 18.0 Å². The molecule has 0 radical (unpaired) electrons. The van der Waals surface area contributed by atoms with Gasteiger partial charge in [-0.1, -0.05) is 12.1 Å². The molecule has 0 aliphatic carbocycles. The minimum Gasteiger partial charge on any atom is -0.463 e. The zero-order chi connectivity index (χ0) is 18.2. The van der Waals surface area contributed by atoms with Crippen molar-refractivity contribution in [1.82, 2.24) is 10.6 Å². The average Bonchev–Trinajstić information content (AvgIpc) is 2.46. The Hall–Kier alpha value is -2.25. The first-order chi connectivity index (χ1) is 11.2. The molecule has 0 aliphatic heterocycles. The summed E-state index contributed by atoms with van der Waals surface area (Å²) in [5.74, 6) is -0.393. The maximum Gasteiger partial charge on any atom is 0.416 e. The van der Waals surface area contributed by atoms with Crippen LogP contribution in [-0.2, 0) is 22.1 Å². The second-order valence-electron chi connectivity index (χ2n) is 5.42. The van der Waals surface area contributed by atoms with Gasteiger partial charge in [0.25, 0.3) is 0 Å². The van der Waals surface area contributed by atoms with E-state index < -0.39 is 23.7 Å². The highest BCUT2D eigenvalue weighted by Crippen LogP contribution is 2.29. The molecule has 24 heavy (non-hydrogen) atoms. The zero-order valence-corrected chi connectivity index (χ0v) is 13.6. The van der Waals surface area contributed by atoms with Crippen molar-refractivity contribution in [3.05, 3.63) is 35.4 Å². The highest BCUT2D eigenvalue weighted by molar-refractivity contribution is 5.75. The third-order valence-corrected chi connectivity index (χ3v) is 2.96. The van der Waals surface area contributed by atoms with Gasteiger partial charge < -0.3 is 15.4 Å². The Balaban J connectivity index is 2.22. The fraction of sp³-hybridized carbons (Fsp3) is 0.500. The van der Waals surface area contributed by atoms with Gasteiger partial charge in [0.05, 0.1) is 18.1 Å². The van der Waals surface area contributed by atoms with Gasteiger partial charge in [-0.2, -0.15) is 13.2 Å². The highest BCUT2D eigenvalue weighted by Gasteiger charge is 2.29. The van der Waals surface area contributed by atoms with Gasteiger partial charge in [0.15, 0.2) is 0 Å². The molecule has 134 valence electrons. The SMILES string of the molecule is CC(C)OC(=O)CCNC(=O)NCCc1ccc(C(F)(F)F)cc1. The van der Waals surface area contributed by atoms with Gasteiger partial charge in [-0.15, -0.1) is 0 Å². The lowest BCUT2D eigenvalue weighted by Crippen LogP contribution is -2.37. The topological polar surface area (TPSA) is 67.4 Å². The molecule has 0 unspecified atom stereocenters. The lowest BCUT2D eigenvalue weighted by molar-refractivity contribution is -0.147. The van der Waals surface area contributed by atoms with E-state index in [9.17, 15) is 22.8 Å². The lowest BCUT2D eigenvalue weighted by Gasteiger charge is -2.10. The molecular formula is C16H21F3N2O3. The van der Waals surface area contributed by atoms with Crippen molar-refractivity contribution in [2.75, 3.05) is 13.1 Å². The molecule has 0 saturated heterocycles. The monoisotopic (exact) mass is 346 g/mol. The van der Waals surface area contributed by atoms with Gasteiger partial charge in [0.2, 0.25) is 0 Å². The quantitative estimate of drug-likeness (QED) is 0.746. The fourth-order valence-electron chi connectivity index (χ4n) is 1.84. The molecule has 0 fully saturated rings. The Morgan fingerprint density at radius 3 is 2.21 bits per heavy atom. The standard InChI is InChI=1S/C16H21F3N2O3/c1-11(2)24-14(22)8-10-21-15(23)20-9-7-12-3-5-13(6-4-12)16(17,18)19/h3-6,11H,7-10H2,1-2H3,(H2,20,21,23). The minimum atomic E-state index is -4.35. The number of carbonyl (C=O) groups excluding carboxylic acids is 2. The number of rotatable bonds is 7. The highest BCUT2D eigenvalue weighted by atomic mass is 19.4. The molecule has 8 heteroatoms. The van der Waals surface area contributed by atoms with Crippen LogP contribution in [0.1, 0.15) is 31.4 Å². The summed E-state index contributed by atoms with van der Waals surface area (Å²) >= 11 is 0. The van der Waals surface area contributed by atoms with Gasteiger partial charge in [-0.25, -0.2) is 4.79 Å². The van der Waals surface area contributed by atoms with Gasteiger partial charge >= 0.3 is 18.2 Å². The van der Waals surface area contributed by atoms with Crippen LogP contribution in [0, 0.1) is 0 Å². The number of hydrogen-bond acceptors (Lipinski definition) is 3. The second-order valence-corrected chi connectivity index (χ2v) is 5.42. The molecule has 0 saturated carbocycles. The van der Waals surface area contributed by atoms with E-state index in [2.05, 4.69) is 10.6 Å². The summed E-state index contributed by atoms with van der Waals surface area (Å²) in [7, 11) is 0. The molecule has 0 aromatic heterocycles. The number of benzene rings is 1. The van der Waals surface area contributed by atoms with Crippen LogP contribution >= 0.6 is 0 Å². The number of alkyl halides is 3. The molecule has 0 atom stereocenters. The summed E-state index contributed by atoms with van der Waals surface area (Å²) in [6.45, 7) is 3.89. The number of esters is 1. The van der Waals surface area contributed by atoms with Crippen LogP contribution in [0.25, 0.3) is 0 Å². The lowest BCUT2D eigenvalue weighted by atomic mass is 10.1. The largest absolute Gasteiger partial charge is 0.463 e. The fourth-order valence-corrected chi connectivity index (χ4v) is 1.84. The van der Waals surface area contributed by atoms with Crippen molar-refractivity contribution in [3.63, 3.8) is 0 Å². The Morgan fingerprint density at radius 2 is 1.67 bits per heavy atom. The Bertz CT molecular complexity index is 542. The molecule has 0 bridgehead atoms. The number of nitrogens with one attached hydrogen (secondary N) is 2. The van der Waals surface area contributed by atoms with Crippen LogP contribution in [0.5, 0.6) is 0 Å². The molecule has 1 aromatic carbocycles. The first-order valence-corrected chi connectivity index (χ1v) is 7.56. The molecule has 1 aromatic rings. The molecule has 0 spiro atoms. The van der Waals surface area contributed by atoms with E-state index in [4.69, 9.17) is 4.74 Å². The van der Waals surface area contributed by atoms with Crippen molar-refractivity contribution >= 4 is 12.0 Å². The van der Waals surface area contributed by atoms with E-state index in [1.165, 1.54) is 12.1 Å². The maximum absolute atomic E-state index is 12.4. The number of ether oxygens (including phenoxy) is 1. The summed E-state index contributed by atoms with van der Waals surface area (Å²) in [5.41, 5.74) is -0.0194. The van der Waals surface area contributed by atoms with Gasteiger partial charge in [-0.3, -0.25) is 4.79 Å². The Kier molecular flexibility index (Phi) is 7.54. The maximum atomic E-state index is 12.4. The molecule has 0 heterocycles. The smallest absolute Gasteiger partial charge is 0.416 e. The Labute approximate surface area is 138 Å². The summed E-state index contributed by atoms with van der Waals surface area (Å²) in [5, 5.41) is 5.07. The predicted molar refractivity (Wildman–Crippen MR) is 82.4 cm³/mol. The third-order valence-electron chi connectivity index (χ3n) is 2.96. The Morgan fingerprint density at radius 1 is 1.08 bits per heavy atom. The number of urea groups is 1. The molecular weight excluding hydrogens is 325 g/mol. The first-order valence-electron chi connectivity index (χ1n) is 7.56. The van der Waals surface area contributed by atoms with E-state index in [-0.39, 0.29) is 25.6 Å². The normalized spacial score (nSPS) is 11.2. The van der Waals surface area contributed by atoms with Crippen molar-refractivity contribution in [2.45, 2.75) is 39.0 Å². The summed E-state index contributed by atoms with van der Waals surface area (Å²) < 4.78 is 42.2. The summed E-state index contributed by atoms with van der Waals surface area (Å²) in [4.78, 5) is 22.8. The van der Waals surface area contributed by atoms with E-state index in [0.717, 1.165) is 12.1 Å². The minimum absolute atomic E-state index is 0.0739. The molecule has 1 rings (SSSR count). The van der Waals surface area contributed by atoms with Crippen molar-refractivity contribution in [3.8, 4) is 0 Å². The number of amides is 2. The van der Waals surface area contributed by atoms with E-state index in [1.54, 1.807) is 13.8 Å². The zero-order valence-electron chi connectivity index (χ0n) is 13.6. The number of carbonyl (C=O) groups is 2. The first kappa shape index (κ1) is 19.8. The average molecular weight is 346 g/mol. The van der Waals surface area contributed by atoms with Crippen LogP contribution < -0.4 is 10.6 Å². The van der Waals surface area contributed by atoms with Crippen LogP contribution in [0.2, 0.25) is 0 Å². The van der Waals surface area contributed by atoms with Gasteiger partial charge in [0, 0.05) is 13.1 Å². The van der Waals surface area contributed by atoms with Crippen molar-refractivity contribution in [1.29, 1.82) is 0 Å². The van der Waals surface area contributed by atoms with Crippen LogP contribution in [-0.4, -0.2) is 31.2 Å². The predicted octanol–water partition coefficient (Wildman–Crippen LogP) is 2.89. The third kappa shape index (κ3) is 7.85. The van der Waals surface area contributed by atoms with E-state index in [0.29, 0.717) is 12.0 Å². The second kappa shape index (κ2) is 9.14. The molecule has 5 nitrogen and oxygen atoms in total. The molecule has 2 N–H and O–H groups in total. The van der Waals surface area contributed by atoms with Gasteiger partial charge in [0.1, 0.15) is 0 Å². The number of halogens is 3.